The molecule has 5 heteroatoms. The van der Waals surface area contributed by atoms with Crippen molar-refractivity contribution in [2.45, 2.75) is 18.2 Å². The largest absolute Gasteiger partial charge is 0.478 e. The standard InChI is InChI=1S/C22H18N2O2S/c1-2-16-9-10-18(22(25)26)13-21(16)27-24-20-12-15(14-23)8-11-19(20)17-6-4-3-5-7-17/h3-13,24H,2H2,1H3,(H,25,26). The Kier molecular flexibility index (Phi) is 5.80. The summed E-state index contributed by atoms with van der Waals surface area (Å²) >= 11 is 1.36. The van der Waals surface area contributed by atoms with Crippen LogP contribution >= 0.6 is 11.9 Å². The molecule has 0 aromatic heterocycles. The van der Waals surface area contributed by atoms with Crippen molar-refractivity contribution in [3.8, 4) is 17.2 Å². The van der Waals surface area contributed by atoms with Crippen molar-refractivity contribution in [1.29, 1.82) is 5.26 Å². The van der Waals surface area contributed by atoms with Crippen LogP contribution in [0.1, 0.15) is 28.4 Å². The molecule has 0 aliphatic rings. The molecule has 0 spiro atoms. The number of nitrogens with one attached hydrogen (secondary N) is 1. The molecule has 0 atom stereocenters. The number of carbonyl (C=O) groups is 1. The van der Waals surface area contributed by atoms with Gasteiger partial charge in [0, 0.05) is 10.5 Å². The monoisotopic (exact) mass is 374 g/mol. The summed E-state index contributed by atoms with van der Waals surface area (Å²) < 4.78 is 3.32. The number of carboxylic acids is 1. The Labute approximate surface area is 162 Å². The van der Waals surface area contributed by atoms with Crippen LogP contribution < -0.4 is 4.72 Å². The molecule has 0 aliphatic carbocycles. The van der Waals surface area contributed by atoms with Gasteiger partial charge in [-0.2, -0.15) is 5.26 Å². The Balaban J connectivity index is 1.95. The summed E-state index contributed by atoms with van der Waals surface area (Å²) in [6.07, 6.45) is 0.799. The van der Waals surface area contributed by atoms with Crippen molar-refractivity contribution in [3.63, 3.8) is 0 Å². The molecule has 4 nitrogen and oxygen atoms in total. The molecule has 134 valence electrons. The highest BCUT2D eigenvalue weighted by molar-refractivity contribution is 8.00. The molecule has 3 rings (SSSR count). The van der Waals surface area contributed by atoms with Crippen LogP contribution in [0.5, 0.6) is 0 Å². The summed E-state index contributed by atoms with van der Waals surface area (Å²) in [6.45, 7) is 2.03. The van der Waals surface area contributed by atoms with Gasteiger partial charge in [0.2, 0.25) is 0 Å². The number of hydrogen-bond acceptors (Lipinski definition) is 4. The summed E-state index contributed by atoms with van der Waals surface area (Å²) in [5.74, 6) is -0.948. The molecular weight excluding hydrogens is 356 g/mol. The van der Waals surface area contributed by atoms with Crippen LogP contribution in [0.4, 0.5) is 5.69 Å². The number of nitrogens with zero attached hydrogens (tertiary/aromatic N) is 1. The molecule has 0 heterocycles. The van der Waals surface area contributed by atoms with Crippen molar-refractivity contribution in [3.05, 3.63) is 83.4 Å². The summed E-state index contributed by atoms with van der Waals surface area (Å²) in [5.41, 5.74) is 4.72. The van der Waals surface area contributed by atoms with E-state index in [1.165, 1.54) is 11.9 Å². The Bertz CT molecular complexity index is 1010. The number of anilines is 1. The van der Waals surface area contributed by atoms with Crippen LogP contribution in [-0.4, -0.2) is 11.1 Å². The first-order chi connectivity index (χ1) is 13.1. The lowest BCUT2D eigenvalue weighted by Gasteiger charge is -2.14. The van der Waals surface area contributed by atoms with E-state index in [2.05, 4.69) is 10.8 Å². The van der Waals surface area contributed by atoms with Gasteiger partial charge < -0.3 is 9.83 Å². The number of aromatic carboxylic acids is 1. The van der Waals surface area contributed by atoms with Crippen LogP contribution in [-0.2, 0) is 6.42 Å². The first-order valence-electron chi connectivity index (χ1n) is 8.51. The van der Waals surface area contributed by atoms with Gasteiger partial charge in [-0.15, -0.1) is 0 Å². The van der Waals surface area contributed by atoms with Crippen LogP contribution in [0.3, 0.4) is 0 Å². The molecule has 0 saturated carbocycles. The molecule has 0 amide bonds. The van der Waals surface area contributed by atoms with Gasteiger partial charge in [0.25, 0.3) is 0 Å². The zero-order chi connectivity index (χ0) is 19.2. The lowest BCUT2D eigenvalue weighted by Crippen LogP contribution is -1.99. The maximum absolute atomic E-state index is 11.3. The smallest absolute Gasteiger partial charge is 0.335 e. The molecule has 0 saturated heterocycles. The number of carboxylic acid groups (broad SMARTS) is 1. The SMILES string of the molecule is CCc1ccc(C(=O)O)cc1SNc1cc(C#N)ccc1-c1ccccc1. The van der Waals surface area contributed by atoms with E-state index in [0.29, 0.717) is 5.56 Å². The number of hydrogen-bond donors (Lipinski definition) is 2. The first-order valence-corrected chi connectivity index (χ1v) is 9.32. The number of rotatable bonds is 6. The summed E-state index contributed by atoms with van der Waals surface area (Å²) in [5, 5.41) is 18.5. The van der Waals surface area contributed by atoms with Gasteiger partial charge in [0.05, 0.1) is 22.9 Å². The summed E-state index contributed by atoms with van der Waals surface area (Å²) in [4.78, 5) is 12.1. The third-order valence-electron chi connectivity index (χ3n) is 4.20. The molecule has 0 aliphatic heterocycles. The summed E-state index contributed by atoms with van der Waals surface area (Å²) in [7, 11) is 0. The molecule has 2 N–H and O–H groups in total. The average Bonchev–Trinajstić information content (AvgIpc) is 2.72. The van der Waals surface area contributed by atoms with E-state index in [1.807, 2.05) is 55.5 Å². The highest BCUT2D eigenvalue weighted by Crippen LogP contribution is 2.33. The zero-order valence-corrected chi connectivity index (χ0v) is 15.6. The minimum Gasteiger partial charge on any atom is -0.478 e. The minimum atomic E-state index is -0.948. The van der Waals surface area contributed by atoms with E-state index in [0.717, 1.165) is 33.7 Å². The Morgan fingerprint density at radius 1 is 1.11 bits per heavy atom. The minimum absolute atomic E-state index is 0.255. The van der Waals surface area contributed by atoms with Gasteiger partial charge in [0.15, 0.2) is 0 Å². The van der Waals surface area contributed by atoms with Gasteiger partial charge in [-0.05, 0) is 53.8 Å². The van der Waals surface area contributed by atoms with E-state index in [4.69, 9.17) is 0 Å². The van der Waals surface area contributed by atoms with Crippen LogP contribution in [0.15, 0.2) is 71.6 Å². The molecule has 3 aromatic carbocycles. The second kappa shape index (κ2) is 8.43. The highest BCUT2D eigenvalue weighted by Gasteiger charge is 2.11. The van der Waals surface area contributed by atoms with Crippen LogP contribution in [0.25, 0.3) is 11.1 Å². The molecular formula is C22H18N2O2S. The average molecular weight is 374 g/mol. The van der Waals surface area contributed by atoms with Gasteiger partial charge in [0.1, 0.15) is 0 Å². The van der Waals surface area contributed by atoms with Gasteiger partial charge in [-0.25, -0.2) is 4.79 Å². The zero-order valence-electron chi connectivity index (χ0n) is 14.8. The lowest BCUT2D eigenvalue weighted by atomic mass is 10.0. The molecule has 0 bridgehead atoms. The molecule has 0 fully saturated rings. The number of aryl methyl sites for hydroxylation is 1. The van der Waals surface area contributed by atoms with Crippen molar-refractivity contribution in [2.24, 2.45) is 0 Å². The molecule has 0 unspecified atom stereocenters. The van der Waals surface area contributed by atoms with Crippen LogP contribution in [0, 0.1) is 11.3 Å². The fourth-order valence-electron chi connectivity index (χ4n) is 2.75. The molecule has 0 radical (unpaired) electrons. The van der Waals surface area contributed by atoms with E-state index in [1.54, 1.807) is 18.2 Å². The van der Waals surface area contributed by atoms with Gasteiger partial charge in [-0.3, -0.25) is 0 Å². The lowest BCUT2D eigenvalue weighted by molar-refractivity contribution is 0.0696. The second-order valence-electron chi connectivity index (χ2n) is 5.92. The van der Waals surface area contributed by atoms with Gasteiger partial charge >= 0.3 is 5.97 Å². The quantitative estimate of drug-likeness (QED) is 0.549. The van der Waals surface area contributed by atoms with Crippen LogP contribution in [0.2, 0.25) is 0 Å². The third kappa shape index (κ3) is 4.30. The summed E-state index contributed by atoms with van der Waals surface area (Å²) in [6, 6.07) is 22.7. The van der Waals surface area contributed by atoms with Crippen molar-refractivity contribution in [2.75, 3.05) is 4.72 Å². The van der Waals surface area contributed by atoms with E-state index >= 15 is 0 Å². The van der Waals surface area contributed by atoms with Crippen molar-refractivity contribution >= 4 is 23.6 Å². The highest BCUT2D eigenvalue weighted by atomic mass is 32.2. The normalized spacial score (nSPS) is 10.2. The third-order valence-corrected chi connectivity index (χ3v) is 5.12. The Morgan fingerprint density at radius 3 is 2.56 bits per heavy atom. The topological polar surface area (TPSA) is 73.1 Å². The molecule has 3 aromatic rings. The van der Waals surface area contributed by atoms with E-state index < -0.39 is 5.97 Å². The molecule has 27 heavy (non-hydrogen) atoms. The van der Waals surface area contributed by atoms with Crippen molar-refractivity contribution in [1.82, 2.24) is 0 Å². The second-order valence-corrected chi connectivity index (χ2v) is 6.77. The maximum Gasteiger partial charge on any atom is 0.335 e. The first kappa shape index (κ1) is 18.6. The fourth-order valence-corrected chi connectivity index (χ4v) is 3.67. The number of benzene rings is 3. The maximum atomic E-state index is 11.3. The predicted octanol–water partition coefficient (Wildman–Crippen LogP) is 5.61. The van der Waals surface area contributed by atoms with E-state index in [-0.39, 0.29) is 5.56 Å². The Morgan fingerprint density at radius 2 is 1.89 bits per heavy atom. The van der Waals surface area contributed by atoms with Gasteiger partial charge in [-0.1, -0.05) is 49.4 Å². The predicted molar refractivity (Wildman–Crippen MR) is 109 cm³/mol. The Hall–Kier alpha value is -3.23. The fraction of sp³-hybridized carbons (Fsp3) is 0.0909. The van der Waals surface area contributed by atoms with E-state index in [9.17, 15) is 15.2 Å². The van der Waals surface area contributed by atoms with Crippen molar-refractivity contribution < 1.29 is 9.90 Å². The number of nitriles is 1.